The first kappa shape index (κ1) is 16.7. The zero-order chi connectivity index (χ0) is 16.4. The number of nitrogens with one attached hydrogen (secondary N) is 1. The van der Waals surface area contributed by atoms with E-state index in [-0.39, 0.29) is 5.28 Å². The van der Waals surface area contributed by atoms with Crippen molar-refractivity contribution in [3.8, 4) is 0 Å². The summed E-state index contributed by atoms with van der Waals surface area (Å²) in [5, 5.41) is 3.92. The summed E-state index contributed by atoms with van der Waals surface area (Å²) >= 11 is 15.7. The lowest BCUT2D eigenvalue weighted by atomic mass is 10.2. The number of hydrogen-bond donors (Lipinski definition) is 1. The Balaban J connectivity index is 1.88. The van der Waals surface area contributed by atoms with Gasteiger partial charge in [-0.2, -0.15) is 15.0 Å². The van der Waals surface area contributed by atoms with Crippen LogP contribution in [-0.2, 0) is 4.74 Å². The lowest BCUT2D eigenvalue weighted by Crippen LogP contribution is -2.37. The van der Waals surface area contributed by atoms with Gasteiger partial charge in [0, 0.05) is 22.6 Å². The molecule has 0 unspecified atom stereocenters. The van der Waals surface area contributed by atoms with E-state index in [2.05, 4.69) is 36.2 Å². The highest BCUT2D eigenvalue weighted by Crippen LogP contribution is 2.31. The Morgan fingerprint density at radius 3 is 2.65 bits per heavy atom. The fourth-order valence-corrected chi connectivity index (χ4v) is 3.04. The predicted molar refractivity (Wildman–Crippen MR) is 95.0 cm³/mol. The zero-order valence-electron chi connectivity index (χ0n) is 12.3. The Labute approximate surface area is 152 Å². The van der Waals surface area contributed by atoms with Gasteiger partial charge in [0.2, 0.25) is 17.2 Å². The van der Waals surface area contributed by atoms with Crippen LogP contribution in [0, 0.1) is 6.92 Å². The van der Waals surface area contributed by atoms with Gasteiger partial charge in [-0.15, -0.1) is 0 Å². The number of aryl methyl sites for hydroxylation is 1. The first-order chi connectivity index (χ1) is 11.0. The molecular weight excluding hydrogens is 405 g/mol. The minimum absolute atomic E-state index is 0.137. The Kier molecular flexibility index (Phi) is 5.21. The number of anilines is 3. The fourth-order valence-electron chi connectivity index (χ4n) is 2.16. The summed E-state index contributed by atoms with van der Waals surface area (Å²) in [6, 6.07) is 3.74. The van der Waals surface area contributed by atoms with Crippen LogP contribution in [0.25, 0.3) is 0 Å². The molecular formula is C14H14BrCl2N5O. The Morgan fingerprint density at radius 2 is 1.91 bits per heavy atom. The van der Waals surface area contributed by atoms with Crippen LogP contribution in [0.2, 0.25) is 10.3 Å². The monoisotopic (exact) mass is 417 g/mol. The maximum atomic E-state index is 6.17. The second kappa shape index (κ2) is 7.17. The molecule has 1 aromatic heterocycles. The van der Waals surface area contributed by atoms with Crippen molar-refractivity contribution in [2.24, 2.45) is 0 Å². The van der Waals surface area contributed by atoms with Gasteiger partial charge in [0.1, 0.15) is 0 Å². The van der Waals surface area contributed by atoms with Gasteiger partial charge in [0.25, 0.3) is 0 Å². The lowest BCUT2D eigenvalue weighted by Gasteiger charge is -2.26. The smallest absolute Gasteiger partial charge is 0.233 e. The van der Waals surface area contributed by atoms with Crippen molar-refractivity contribution in [3.05, 3.63) is 32.5 Å². The number of aromatic nitrogens is 3. The van der Waals surface area contributed by atoms with Crippen LogP contribution in [0.5, 0.6) is 0 Å². The van der Waals surface area contributed by atoms with Gasteiger partial charge in [-0.05, 0) is 52.2 Å². The van der Waals surface area contributed by atoms with Crippen molar-refractivity contribution in [2.75, 3.05) is 36.5 Å². The molecule has 0 spiro atoms. The molecule has 2 heterocycles. The van der Waals surface area contributed by atoms with E-state index in [0.29, 0.717) is 30.1 Å². The summed E-state index contributed by atoms with van der Waals surface area (Å²) in [7, 11) is 0. The molecule has 1 aliphatic rings. The van der Waals surface area contributed by atoms with Crippen LogP contribution in [0.3, 0.4) is 0 Å². The van der Waals surface area contributed by atoms with Crippen LogP contribution in [-0.4, -0.2) is 41.3 Å². The fraction of sp³-hybridized carbons (Fsp3) is 0.357. The van der Waals surface area contributed by atoms with E-state index in [1.54, 1.807) is 0 Å². The zero-order valence-corrected chi connectivity index (χ0v) is 15.4. The highest BCUT2D eigenvalue weighted by Gasteiger charge is 2.16. The van der Waals surface area contributed by atoms with Crippen molar-refractivity contribution in [3.63, 3.8) is 0 Å². The lowest BCUT2D eigenvalue weighted by molar-refractivity contribution is 0.122. The van der Waals surface area contributed by atoms with E-state index in [0.717, 1.165) is 28.8 Å². The van der Waals surface area contributed by atoms with Crippen molar-refractivity contribution < 1.29 is 4.74 Å². The number of benzene rings is 1. The van der Waals surface area contributed by atoms with Gasteiger partial charge >= 0.3 is 0 Å². The quantitative estimate of drug-likeness (QED) is 0.817. The minimum Gasteiger partial charge on any atom is -0.378 e. The van der Waals surface area contributed by atoms with Crippen molar-refractivity contribution >= 4 is 56.7 Å². The highest BCUT2D eigenvalue weighted by molar-refractivity contribution is 9.10. The number of morpholine rings is 1. The standard InChI is InChI=1S/C14H14BrCl2N5O/c1-8-6-9(15)11(7-10(8)16)18-13-19-12(17)20-14(21-13)22-2-4-23-5-3-22/h6-7H,2-5H2,1H3,(H,18,19,20,21). The van der Waals surface area contributed by atoms with Crippen LogP contribution >= 0.6 is 39.1 Å². The molecule has 0 saturated carbocycles. The number of rotatable bonds is 3. The SMILES string of the molecule is Cc1cc(Br)c(Nc2nc(Cl)nc(N3CCOCC3)n2)cc1Cl. The van der Waals surface area contributed by atoms with E-state index in [4.69, 9.17) is 27.9 Å². The molecule has 1 N–H and O–H groups in total. The molecule has 3 rings (SSSR count). The van der Waals surface area contributed by atoms with E-state index in [9.17, 15) is 0 Å². The molecule has 0 aliphatic carbocycles. The second-order valence-corrected chi connectivity index (χ2v) is 6.63. The molecule has 9 heteroatoms. The van der Waals surface area contributed by atoms with E-state index >= 15 is 0 Å². The van der Waals surface area contributed by atoms with Crippen molar-refractivity contribution in [1.29, 1.82) is 0 Å². The number of hydrogen-bond acceptors (Lipinski definition) is 6. The number of ether oxygens (including phenoxy) is 1. The second-order valence-electron chi connectivity index (χ2n) is 5.03. The Hall–Kier alpha value is -1.15. The third-order valence-corrected chi connectivity index (χ3v) is 4.62. The molecule has 1 saturated heterocycles. The highest BCUT2D eigenvalue weighted by atomic mass is 79.9. The topological polar surface area (TPSA) is 63.2 Å². The van der Waals surface area contributed by atoms with Crippen molar-refractivity contribution in [2.45, 2.75) is 6.92 Å². The Morgan fingerprint density at radius 1 is 1.17 bits per heavy atom. The molecule has 122 valence electrons. The van der Waals surface area contributed by atoms with Gasteiger partial charge < -0.3 is 15.0 Å². The summed E-state index contributed by atoms with van der Waals surface area (Å²) in [5.74, 6) is 0.900. The largest absolute Gasteiger partial charge is 0.378 e. The summed E-state index contributed by atoms with van der Waals surface area (Å²) < 4.78 is 6.20. The first-order valence-electron chi connectivity index (χ1n) is 7.00. The molecule has 6 nitrogen and oxygen atoms in total. The summed E-state index contributed by atoms with van der Waals surface area (Å²) in [6.07, 6.45) is 0. The van der Waals surface area contributed by atoms with Gasteiger partial charge in [0.15, 0.2) is 0 Å². The molecule has 0 bridgehead atoms. The van der Waals surface area contributed by atoms with Crippen LogP contribution in [0.1, 0.15) is 5.56 Å². The van der Waals surface area contributed by atoms with E-state index < -0.39 is 0 Å². The van der Waals surface area contributed by atoms with Gasteiger partial charge in [-0.25, -0.2) is 0 Å². The maximum Gasteiger partial charge on any atom is 0.233 e. The van der Waals surface area contributed by atoms with Crippen LogP contribution in [0.4, 0.5) is 17.6 Å². The van der Waals surface area contributed by atoms with E-state index in [1.807, 2.05) is 24.0 Å². The summed E-state index contributed by atoms with van der Waals surface area (Å²) in [6.45, 7) is 4.67. The predicted octanol–water partition coefficient (Wildman–Crippen LogP) is 3.83. The molecule has 1 aromatic carbocycles. The molecule has 0 amide bonds. The van der Waals surface area contributed by atoms with Crippen LogP contribution in [0.15, 0.2) is 16.6 Å². The van der Waals surface area contributed by atoms with Gasteiger partial charge in [-0.1, -0.05) is 11.6 Å². The average molecular weight is 419 g/mol. The summed E-state index contributed by atoms with van der Waals surface area (Å²) in [4.78, 5) is 14.8. The molecule has 1 fully saturated rings. The number of halogens is 3. The maximum absolute atomic E-state index is 6.17. The molecule has 0 atom stereocenters. The van der Waals surface area contributed by atoms with Gasteiger partial charge in [0.05, 0.1) is 18.9 Å². The molecule has 0 radical (unpaired) electrons. The number of nitrogens with zero attached hydrogens (tertiary/aromatic N) is 4. The van der Waals surface area contributed by atoms with Gasteiger partial charge in [-0.3, -0.25) is 0 Å². The van der Waals surface area contributed by atoms with Crippen molar-refractivity contribution in [1.82, 2.24) is 15.0 Å². The normalized spacial score (nSPS) is 14.9. The first-order valence-corrected chi connectivity index (χ1v) is 8.55. The Bertz CT molecular complexity index is 725. The van der Waals surface area contributed by atoms with E-state index in [1.165, 1.54) is 0 Å². The van der Waals surface area contributed by atoms with Crippen LogP contribution < -0.4 is 10.2 Å². The molecule has 23 heavy (non-hydrogen) atoms. The molecule has 1 aliphatic heterocycles. The molecule has 2 aromatic rings. The average Bonchev–Trinajstić information content (AvgIpc) is 2.53. The third-order valence-electron chi connectivity index (χ3n) is 3.39. The third kappa shape index (κ3) is 4.03. The summed E-state index contributed by atoms with van der Waals surface area (Å²) in [5.41, 5.74) is 1.74. The minimum atomic E-state index is 0.137.